The Morgan fingerprint density at radius 2 is 2.00 bits per heavy atom. The van der Waals surface area contributed by atoms with Gasteiger partial charge in [-0.2, -0.15) is 0 Å². The van der Waals surface area contributed by atoms with Crippen LogP contribution in [-0.4, -0.2) is 24.6 Å². The minimum atomic E-state index is -0.367. The smallest absolute Gasteiger partial charge is 0.406 e. The summed E-state index contributed by atoms with van der Waals surface area (Å²) < 4.78 is 4.88. The summed E-state index contributed by atoms with van der Waals surface area (Å²) in [6.07, 6.45) is 0.463. The van der Waals surface area contributed by atoms with Crippen LogP contribution in [0, 0.1) is 5.41 Å². The Hall–Kier alpha value is 0.230. The number of alkyl halides is 1. The van der Waals surface area contributed by atoms with E-state index >= 15 is 0 Å². The van der Waals surface area contributed by atoms with E-state index in [2.05, 4.69) is 42.0 Å². The number of hydrogen-bond acceptors (Lipinski definition) is 2. The lowest BCUT2D eigenvalue weighted by molar-refractivity contribution is 0.143. The molecule has 3 nitrogen and oxygen atoms in total. The van der Waals surface area contributed by atoms with E-state index < -0.39 is 0 Å². The standard InChI is InChI=1S/C9H18BrNO2.BrH/c1-9(2,3)7(10)5-6-13-8(12)11-4;/h7H,5-6H2,1-4H3,(H,11,12);1H. The van der Waals surface area contributed by atoms with Crippen molar-refractivity contribution >= 4 is 39.0 Å². The van der Waals surface area contributed by atoms with Crippen molar-refractivity contribution in [1.82, 2.24) is 5.32 Å². The highest BCUT2D eigenvalue weighted by Crippen LogP contribution is 2.28. The first kappa shape index (κ1) is 16.7. The van der Waals surface area contributed by atoms with Crippen molar-refractivity contribution in [1.29, 1.82) is 0 Å². The lowest BCUT2D eigenvalue weighted by Crippen LogP contribution is -2.25. The molecule has 0 rings (SSSR count). The highest BCUT2D eigenvalue weighted by Gasteiger charge is 2.21. The number of hydrogen-bond donors (Lipinski definition) is 1. The van der Waals surface area contributed by atoms with Crippen LogP contribution in [-0.2, 0) is 4.74 Å². The maximum absolute atomic E-state index is 10.7. The van der Waals surface area contributed by atoms with Crippen LogP contribution in [0.2, 0.25) is 0 Å². The third kappa shape index (κ3) is 7.62. The molecule has 0 aliphatic rings. The van der Waals surface area contributed by atoms with Crippen LogP contribution in [0.25, 0.3) is 0 Å². The summed E-state index contributed by atoms with van der Waals surface area (Å²) >= 11 is 3.56. The number of carbonyl (C=O) groups is 1. The minimum Gasteiger partial charge on any atom is -0.450 e. The monoisotopic (exact) mass is 331 g/mol. The van der Waals surface area contributed by atoms with E-state index in [4.69, 9.17) is 4.74 Å². The molecule has 0 bridgehead atoms. The maximum atomic E-state index is 10.7. The van der Waals surface area contributed by atoms with Crippen molar-refractivity contribution in [2.24, 2.45) is 5.41 Å². The molecule has 0 aliphatic carbocycles. The fraction of sp³-hybridized carbons (Fsp3) is 0.889. The molecule has 0 spiro atoms. The second-order valence-corrected chi connectivity index (χ2v) is 5.11. The summed E-state index contributed by atoms with van der Waals surface area (Å²) in [7, 11) is 1.55. The van der Waals surface area contributed by atoms with Crippen molar-refractivity contribution in [3.05, 3.63) is 0 Å². The summed E-state index contributed by atoms with van der Waals surface area (Å²) in [4.78, 5) is 11.1. The van der Waals surface area contributed by atoms with E-state index in [0.717, 1.165) is 6.42 Å². The van der Waals surface area contributed by atoms with Crippen LogP contribution >= 0.6 is 32.9 Å². The van der Waals surface area contributed by atoms with E-state index in [1.807, 2.05) is 0 Å². The van der Waals surface area contributed by atoms with Gasteiger partial charge in [-0.3, -0.25) is 0 Å². The molecule has 0 aromatic rings. The molecule has 0 saturated heterocycles. The molecule has 0 saturated carbocycles. The Labute approximate surface area is 105 Å². The Kier molecular flexibility index (Phi) is 8.94. The number of halogens is 2. The van der Waals surface area contributed by atoms with Crippen molar-refractivity contribution in [2.45, 2.75) is 32.0 Å². The third-order valence-electron chi connectivity index (χ3n) is 1.75. The zero-order valence-corrected chi connectivity index (χ0v) is 12.4. The van der Waals surface area contributed by atoms with E-state index in [-0.39, 0.29) is 28.5 Å². The summed E-state index contributed by atoms with van der Waals surface area (Å²) in [5.41, 5.74) is 0.200. The number of ether oxygens (including phenoxy) is 1. The predicted octanol–water partition coefficient (Wildman–Crippen LogP) is 3.12. The lowest BCUT2D eigenvalue weighted by Gasteiger charge is -2.25. The van der Waals surface area contributed by atoms with Crippen molar-refractivity contribution < 1.29 is 9.53 Å². The van der Waals surface area contributed by atoms with Gasteiger partial charge in [0, 0.05) is 11.9 Å². The first-order chi connectivity index (χ1) is 5.88. The lowest BCUT2D eigenvalue weighted by atomic mass is 9.91. The van der Waals surface area contributed by atoms with Crippen molar-refractivity contribution in [3.8, 4) is 0 Å². The van der Waals surface area contributed by atoms with Crippen molar-refractivity contribution in [3.63, 3.8) is 0 Å². The third-order valence-corrected chi connectivity index (χ3v) is 3.58. The topological polar surface area (TPSA) is 38.3 Å². The van der Waals surface area contributed by atoms with Gasteiger partial charge in [-0.05, 0) is 11.8 Å². The zero-order chi connectivity index (χ0) is 10.5. The van der Waals surface area contributed by atoms with Gasteiger partial charge in [-0.1, -0.05) is 36.7 Å². The SMILES string of the molecule is Br.CNC(=O)OCCC(Br)C(C)(C)C. The number of rotatable bonds is 3. The largest absolute Gasteiger partial charge is 0.450 e. The van der Waals surface area contributed by atoms with Crippen LogP contribution in [0.5, 0.6) is 0 Å². The molecular formula is C9H19Br2NO2. The van der Waals surface area contributed by atoms with Crippen LogP contribution in [0.1, 0.15) is 27.2 Å². The second-order valence-electron chi connectivity index (χ2n) is 4.01. The van der Waals surface area contributed by atoms with Crippen LogP contribution in [0.3, 0.4) is 0 Å². The summed E-state index contributed by atoms with van der Waals surface area (Å²) in [5, 5.41) is 2.40. The van der Waals surface area contributed by atoms with Crippen LogP contribution in [0.4, 0.5) is 4.79 Å². The summed E-state index contributed by atoms with van der Waals surface area (Å²) in [6.45, 7) is 6.89. The van der Waals surface area contributed by atoms with Gasteiger partial charge in [0.25, 0.3) is 0 Å². The van der Waals surface area contributed by atoms with Crippen molar-refractivity contribution in [2.75, 3.05) is 13.7 Å². The summed E-state index contributed by atoms with van der Waals surface area (Å²) in [5.74, 6) is 0. The second kappa shape index (κ2) is 7.51. The average Bonchev–Trinajstić information content (AvgIpc) is 2.02. The molecule has 0 heterocycles. The molecule has 1 N–H and O–H groups in total. The predicted molar refractivity (Wildman–Crippen MR) is 67.5 cm³/mol. The van der Waals surface area contributed by atoms with Gasteiger partial charge >= 0.3 is 6.09 Å². The van der Waals surface area contributed by atoms with Gasteiger partial charge in [0.2, 0.25) is 0 Å². The quantitative estimate of drug-likeness (QED) is 0.806. The van der Waals surface area contributed by atoms with Crippen LogP contribution in [0.15, 0.2) is 0 Å². The fourth-order valence-electron chi connectivity index (χ4n) is 0.760. The van der Waals surface area contributed by atoms with Gasteiger partial charge < -0.3 is 10.1 Å². The molecule has 1 amide bonds. The van der Waals surface area contributed by atoms with Crippen LogP contribution < -0.4 is 5.32 Å². The Balaban J connectivity index is 0. The molecule has 5 heteroatoms. The molecule has 0 aliphatic heterocycles. The van der Waals surface area contributed by atoms with E-state index in [9.17, 15) is 4.79 Å². The van der Waals surface area contributed by atoms with Gasteiger partial charge in [-0.15, -0.1) is 17.0 Å². The fourth-order valence-corrected chi connectivity index (χ4v) is 0.947. The molecular weight excluding hydrogens is 314 g/mol. The Morgan fingerprint density at radius 3 is 2.36 bits per heavy atom. The number of alkyl carbamates (subject to hydrolysis) is 1. The van der Waals surface area contributed by atoms with E-state index in [1.165, 1.54) is 0 Å². The first-order valence-corrected chi connectivity index (χ1v) is 5.28. The van der Waals surface area contributed by atoms with Gasteiger partial charge in [0.1, 0.15) is 0 Å². The molecule has 0 aromatic heterocycles. The molecule has 0 fully saturated rings. The maximum Gasteiger partial charge on any atom is 0.406 e. The average molecular weight is 333 g/mol. The van der Waals surface area contributed by atoms with Gasteiger partial charge in [0.15, 0.2) is 0 Å². The van der Waals surface area contributed by atoms with E-state index in [1.54, 1.807) is 7.05 Å². The molecule has 0 radical (unpaired) electrons. The zero-order valence-electron chi connectivity index (χ0n) is 9.09. The van der Waals surface area contributed by atoms with E-state index in [0.29, 0.717) is 11.4 Å². The molecule has 1 atom stereocenters. The van der Waals surface area contributed by atoms with Gasteiger partial charge in [0.05, 0.1) is 6.61 Å². The normalized spacial score (nSPS) is 12.6. The number of nitrogens with one attached hydrogen (secondary N) is 1. The van der Waals surface area contributed by atoms with Gasteiger partial charge in [-0.25, -0.2) is 4.79 Å². The molecule has 86 valence electrons. The molecule has 1 unspecified atom stereocenters. The number of amides is 1. The molecule has 14 heavy (non-hydrogen) atoms. The minimum absolute atomic E-state index is 0. The Bertz CT molecular complexity index is 169. The summed E-state index contributed by atoms with van der Waals surface area (Å²) in [6, 6.07) is 0. The number of carbonyl (C=O) groups excluding carboxylic acids is 1. The highest BCUT2D eigenvalue weighted by atomic mass is 79.9. The highest BCUT2D eigenvalue weighted by molar-refractivity contribution is 9.09. The first-order valence-electron chi connectivity index (χ1n) is 4.36. The Morgan fingerprint density at radius 1 is 1.50 bits per heavy atom. The molecule has 0 aromatic carbocycles.